The van der Waals surface area contributed by atoms with Crippen molar-refractivity contribution in [2.45, 2.75) is 65.0 Å². The van der Waals surface area contributed by atoms with Crippen LogP contribution < -0.4 is 11.1 Å². The standard InChI is InChI=1S/C19H29N3O2/c1-13-12-16(19(24)22-11-5-4-6-15(22)3)8-9-17(13)21-18(23)10-7-14(2)20/h8-9,12,14-15H,4-7,10-11,20H2,1-3H3,(H,21,23). The summed E-state index contributed by atoms with van der Waals surface area (Å²) in [6.07, 6.45) is 4.40. The number of carbonyl (C=O) groups excluding carboxylic acids is 2. The Morgan fingerprint density at radius 3 is 2.75 bits per heavy atom. The molecule has 132 valence electrons. The highest BCUT2D eigenvalue weighted by Gasteiger charge is 2.24. The number of likely N-dealkylation sites (tertiary alicyclic amines) is 1. The van der Waals surface area contributed by atoms with Crippen molar-refractivity contribution in [3.8, 4) is 0 Å². The van der Waals surface area contributed by atoms with E-state index in [0.29, 0.717) is 24.4 Å². The van der Waals surface area contributed by atoms with Crippen LogP contribution in [0.15, 0.2) is 18.2 Å². The second-order valence-electron chi connectivity index (χ2n) is 6.94. The summed E-state index contributed by atoms with van der Waals surface area (Å²) < 4.78 is 0. The maximum Gasteiger partial charge on any atom is 0.254 e. The summed E-state index contributed by atoms with van der Waals surface area (Å²) >= 11 is 0. The van der Waals surface area contributed by atoms with Gasteiger partial charge in [-0.15, -0.1) is 0 Å². The van der Waals surface area contributed by atoms with E-state index in [4.69, 9.17) is 5.73 Å². The molecule has 2 atom stereocenters. The highest BCUT2D eigenvalue weighted by atomic mass is 16.2. The number of nitrogens with two attached hydrogens (primary N) is 1. The minimum atomic E-state index is -0.0425. The zero-order valence-electron chi connectivity index (χ0n) is 15.0. The molecule has 1 aromatic carbocycles. The van der Waals surface area contributed by atoms with Crippen molar-refractivity contribution in [3.63, 3.8) is 0 Å². The lowest BCUT2D eigenvalue weighted by Gasteiger charge is -2.33. The SMILES string of the molecule is Cc1cc(C(=O)N2CCCCC2C)ccc1NC(=O)CCC(C)N. The van der Waals surface area contributed by atoms with Crippen LogP contribution in [0.25, 0.3) is 0 Å². The monoisotopic (exact) mass is 331 g/mol. The first-order chi connectivity index (χ1) is 11.4. The first-order valence-corrected chi connectivity index (χ1v) is 8.85. The molecule has 2 rings (SSSR count). The van der Waals surface area contributed by atoms with Crippen LogP contribution in [0.4, 0.5) is 5.69 Å². The molecule has 0 aliphatic carbocycles. The first-order valence-electron chi connectivity index (χ1n) is 8.85. The Balaban J connectivity index is 2.03. The summed E-state index contributed by atoms with van der Waals surface area (Å²) in [5, 5.41) is 2.90. The molecule has 24 heavy (non-hydrogen) atoms. The van der Waals surface area contributed by atoms with Gasteiger partial charge in [-0.05, 0) is 70.2 Å². The molecule has 1 heterocycles. The third-order valence-corrected chi connectivity index (χ3v) is 4.64. The number of hydrogen-bond acceptors (Lipinski definition) is 3. The van der Waals surface area contributed by atoms with E-state index in [1.807, 2.05) is 30.9 Å². The van der Waals surface area contributed by atoms with Gasteiger partial charge >= 0.3 is 0 Å². The molecule has 0 spiro atoms. The second-order valence-corrected chi connectivity index (χ2v) is 6.94. The second kappa shape index (κ2) is 8.29. The van der Waals surface area contributed by atoms with Crippen molar-refractivity contribution in [3.05, 3.63) is 29.3 Å². The van der Waals surface area contributed by atoms with E-state index < -0.39 is 0 Å². The van der Waals surface area contributed by atoms with Gasteiger partial charge in [0, 0.05) is 36.3 Å². The fourth-order valence-corrected chi connectivity index (χ4v) is 3.07. The lowest BCUT2D eigenvalue weighted by Crippen LogP contribution is -2.42. The smallest absolute Gasteiger partial charge is 0.254 e. The van der Waals surface area contributed by atoms with Gasteiger partial charge in [-0.1, -0.05) is 0 Å². The molecular weight excluding hydrogens is 302 g/mol. The Morgan fingerprint density at radius 2 is 2.12 bits per heavy atom. The number of piperidine rings is 1. The number of amides is 2. The van der Waals surface area contributed by atoms with Crippen molar-refractivity contribution < 1.29 is 9.59 Å². The van der Waals surface area contributed by atoms with Gasteiger partial charge in [-0.25, -0.2) is 0 Å². The van der Waals surface area contributed by atoms with Crippen LogP contribution in [0, 0.1) is 6.92 Å². The zero-order valence-corrected chi connectivity index (χ0v) is 15.0. The van der Waals surface area contributed by atoms with Crippen molar-refractivity contribution in [1.29, 1.82) is 0 Å². The summed E-state index contributed by atoms with van der Waals surface area (Å²) in [6, 6.07) is 5.80. The number of benzene rings is 1. The maximum absolute atomic E-state index is 12.7. The molecule has 5 nitrogen and oxygen atoms in total. The van der Waals surface area contributed by atoms with Crippen LogP contribution in [0.5, 0.6) is 0 Å². The average Bonchev–Trinajstić information content (AvgIpc) is 2.54. The van der Waals surface area contributed by atoms with E-state index in [9.17, 15) is 9.59 Å². The molecule has 0 radical (unpaired) electrons. The van der Waals surface area contributed by atoms with Gasteiger partial charge in [0.05, 0.1) is 0 Å². The summed E-state index contributed by atoms with van der Waals surface area (Å²) in [4.78, 5) is 26.6. The topological polar surface area (TPSA) is 75.4 Å². The van der Waals surface area contributed by atoms with E-state index in [1.54, 1.807) is 6.07 Å². The number of anilines is 1. The van der Waals surface area contributed by atoms with Crippen LogP contribution in [-0.2, 0) is 4.79 Å². The molecule has 2 amide bonds. The molecule has 3 N–H and O–H groups in total. The Bertz CT molecular complexity index is 598. The predicted molar refractivity (Wildman–Crippen MR) is 97.0 cm³/mol. The van der Waals surface area contributed by atoms with Crippen molar-refractivity contribution in [1.82, 2.24) is 4.90 Å². The maximum atomic E-state index is 12.7. The van der Waals surface area contributed by atoms with Gasteiger partial charge in [0.1, 0.15) is 0 Å². The summed E-state index contributed by atoms with van der Waals surface area (Å²) in [6.45, 7) is 6.74. The number of rotatable bonds is 5. The Labute approximate surface area is 144 Å². The molecule has 0 saturated carbocycles. The molecule has 1 aromatic rings. The fraction of sp³-hybridized carbons (Fsp3) is 0.579. The summed E-state index contributed by atoms with van der Waals surface area (Å²) in [5.41, 5.74) is 8.03. The summed E-state index contributed by atoms with van der Waals surface area (Å²) in [5.74, 6) is 0.0410. The molecule has 2 unspecified atom stereocenters. The number of nitrogens with one attached hydrogen (secondary N) is 1. The van der Waals surface area contributed by atoms with Gasteiger partial charge in [0.15, 0.2) is 0 Å². The van der Waals surface area contributed by atoms with Gasteiger partial charge in [-0.2, -0.15) is 0 Å². The van der Waals surface area contributed by atoms with E-state index >= 15 is 0 Å². The molecule has 1 saturated heterocycles. The minimum Gasteiger partial charge on any atom is -0.336 e. The van der Waals surface area contributed by atoms with Gasteiger partial charge in [0.25, 0.3) is 5.91 Å². The van der Waals surface area contributed by atoms with E-state index in [-0.39, 0.29) is 17.9 Å². The molecule has 5 heteroatoms. The van der Waals surface area contributed by atoms with Gasteiger partial charge in [-0.3, -0.25) is 9.59 Å². The molecule has 1 aliphatic rings. The number of carbonyl (C=O) groups is 2. The van der Waals surface area contributed by atoms with Crippen LogP contribution in [0.2, 0.25) is 0 Å². The predicted octanol–water partition coefficient (Wildman–Crippen LogP) is 3.08. The number of aryl methyl sites for hydroxylation is 1. The van der Waals surface area contributed by atoms with Gasteiger partial charge < -0.3 is 16.0 Å². The Morgan fingerprint density at radius 1 is 1.38 bits per heavy atom. The van der Waals surface area contributed by atoms with Gasteiger partial charge in [0.2, 0.25) is 5.91 Å². The highest BCUT2D eigenvalue weighted by molar-refractivity contribution is 5.96. The lowest BCUT2D eigenvalue weighted by atomic mass is 10.0. The molecule has 1 aliphatic heterocycles. The van der Waals surface area contributed by atoms with Crippen LogP contribution in [0.1, 0.15) is 61.9 Å². The van der Waals surface area contributed by atoms with E-state index in [1.165, 1.54) is 6.42 Å². The van der Waals surface area contributed by atoms with E-state index in [2.05, 4.69) is 12.2 Å². The van der Waals surface area contributed by atoms with Crippen LogP contribution in [-0.4, -0.2) is 35.3 Å². The normalized spacial score (nSPS) is 19.0. The number of nitrogens with zero attached hydrogens (tertiary/aromatic N) is 1. The lowest BCUT2D eigenvalue weighted by molar-refractivity contribution is -0.116. The third kappa shape index (κ3) is 4.81. The Kier molecular flexibility index (Phi) is 6.37. The molecule has 1 fully saturated rings. The van der Waals surface area contributed by atoms with Crippen molar-refractivity contribution in [2.75, 3.05) is 11.9 Å². The highest BCUT2D eigenvalue weighted by Crippen LogP contribution is 2.22. The van der Waals surface area contributed by atoms with Crippen LogP contribution >= 0.6 is 0 Å². The largest absolute Gasteiger partial charge is 0.336 e. The average molecular weight is 331 g/mol. The zero-order chi connectivity index (χ0) is 17.7. The van der Waals surface area contributed by atoms with Crippen molar-refractivity contribution in [2.24, 2.45) is 5.73 Å². The Hall–Kier alpha value is -1.88. The quantitative estimate of drug-likeness (QED) is 0.870. The first kappa shape index (κ1) is 18.5. The third-order valence-electron chi connectivity index (χ3n) is 4.64. The molecular formula is C19H29N3O2. The molecule has 0 bridgehead atoms. The van der Waals surface area contributed by atoms with Crippen LogP contribution in [0.3, 0.4) is 0 Å². The summed E-state index contributed by atoms with van der Waals surface area (Å²) in [7, 11) is 0. The number of hydrogen-bond donors (Lipinski definition) is 2. The van der Waals surface area contributed by atoms with Crippen molar-refractivity contribution >= 4 is 17.5 Å². The fourth-order valence-electron chi connectivity index (χ4n) is 3.07. The molecule has 0 aromatic heterocycles. The van der Waals surface area contributed by atoms with E-state index in [0.717, 1.165) is 30.6 Å². The minimum absolute atomic E-state index is 0.0170.